The highest BCUT2D eigenvalue weighted by molar-refractivity contribution is 6.06. The van der Waals surface area contributed by atoms with Crippen LogP contribution in [0.3, 0.4) is 0 Å². The molecule has 0 aromatic rings. The zero-order valence-electron chi connectivity index (χ0n) is 8.53. The van der Waals surface area contributed by atoms with Crippen molar-refractivity contribution in [3.8, 4) is 0 Å². The fourth-order valence-electron chi connectivity index (χ4n) is 1.01. The fraction of sp³-hybridized carbons (Fsp3) is 0.778. The Morgan fingerprint density at radius 2 is 1.36 bits per heavy atom. The molecule has 2 nitrogen and oxygen atoms in total. The van der Waals surface area contributed by atoms with E-state index in [-0.39, 0.29) is 0 Å². The summed E-state index contributed by atoms with van der Waals surface area (Å²) in [6, 6.07) is 0. The molecule has 82 valence electrons. The third-order valence-electron chi connectivity index (χ3n) is 1.81. The quantitative estimate of drug-likeness (QED) is 0.655. The van der Waals surface area contributed by atoms with Crippen molar-refractivity contribution in [2.24, 2.45) is 11.3 Å². The Morgan fingerprint density at radius 3 is 1.57 bits per heavy atom. The Balaban J connectivity index is 4.74. The van der Waals surface area contributed by atoms with E-state index in [9.17, 15) is 22.8 Å². The number of hydrogen-bond acceptors (Lipinski definition) is 2. The zero-order valence-corrected chi connectivity index (χ0v) is 8.53. The molecule has 0 aromatic heterocycles. The predicted molar refractivity (Wildman–Crippen MR) is 44.7 cm³/mol. The lowest BCUT2D eigenvalue weighted by molar-refractivity contribution is -0.177. The Morgan fingerprint density at radius 1 is 1.00 bits per heavy atom. The number of carbonyl (C=O) groups excluding carboxylic acids is 2. The van der Waals surface area contributed by atoms with Crippen LogP contribution in [0.1, 0.15) is 27.7 Å². The monoisotopic (exact) mass is 210 g/mol. The van der Waals surface area contributed by atoms with Gasteiger partial charge in [-0.1, -0.05) is 20.8 Å². The van der Waals surface area contributed by atoms with E-state index in [1.165, 1.54) is 20.8 Å². The van der Waals surface area contributed by atoms with Gasteiger partial charge in [-0.25, -0.2) is 0 Å². The van der Waals surface area contributed by atoms with Gasteiger partial charge >= 0.3 is 6.18 Å². The third-order valence-corrected chi connectivity index (χ3v) is 1.81. The molecule has 0 aliphatic carbocycles. The summed E-state index contributed by atoms with van der Waals surface area (Å²) in [6.07, 6.45) is -4.93. The van der Waals surface area contributed by atoms with Crippen molar-refractivity contribution < 1.29 is 22.8 Å². The molecule has 0 heterocycles. The highest BCUT2D eigenvalue weighted by Gasteiger charge is 2.45. The molecule has 0 aliphatic rings. The zero-order chi connectivity index (χ0) is 11.7. The van der Waals surface area contributed by atoms with Crippen molar-refractivity contribution in [3.63, 3.8) is 0 Å². The van der Waals surface area contributed by atoms with Gasteiger partial charge in [-0.15, -0.1) is 0 Å². The first kappa shape index (κ1) is 13.1. The topological polar surface area (TPSA) is 34.1 Å². The van der Waals surface area contributed by atoms with Crippen LogP contribution < -0.4 is 0 Å². The van der Waals surface area contributed by atoms with E-state index in [4.69, 9.17) is 0 Å². The summed E-state index contributed by atoms with van der Waals surface area (Å²) < 4.78 is 35.8. The van der Waals surface area contributed by atoms with Crippen LogP contribution in [0, 0.1) is 11.3 Å². The SMILES string of the molecule is CC(C(=O)C(C)(C)C)C(=O)C(F)(F)F. The summed E-state index contributed by atoms with van der Waals surface area (Å²) in [6.45, 7) is 5.43. The van der Waals surface area contributed by atoms with Crippen LogP contribution in [-0.4, -0.2) is 17.7 Å². The van der Waals surface area contributed by atoms with Crippen LogP contribution in [0.15, 0.2) is 0 Å². The van der Waals surface area contributed by atoms with Gasteiger partial charge < -0.3 is 0 Å². The summed E-state index contributed by atoms with van der Waals surface area (Å²) in [5.41, 5.74) is -0.930. The van der Waals surface area contributed by atoms with Crippen molar-refractivity contribution in [1.29, 1.82) is 0 Å². The summed E-state index contributed by atoms with van der Waals surface area (Å²) >= 11 is 0. The second-order valence-electron chi connectivity index (χ2n) is 4.20. The lowest BCUT2D eigenvalue weighted by Gasteiger charge is -2.21. The van der Waals surface area contributed by atoms with Crippen LogP contribution >= 0.6 is 0 Å². The number of halogens is 3. The van der Waals surface area contributed by atoms with E-state index in [2.05, 4.69) is 0 Å². The molecule has 0 aliphatic heterocycles. The van der Waals surface area contributed by atoms with Crippen LogP contribution in [0.25, 0.3) is 0 Å². The second-order valence-corrected chi connectivity index (χ2v) is 4.20. The number of rotatable bonds is 2. The number of ketones is 2. The summed E-state index contributed by atoms with van der Waals surface area (Å²) in [5, 5.41) is 0. The predicted octanol–water partition coefficient (Wildman–Crippen LogP) is 2.37. The van der Waals surface area contributed by atoms with Gasteiger partial charge in [0, 0.05) is 5.41 Å². The molecule has 0 aromatic carbocycles. The van der Waals surface area contributed by atoms with E-state index in [1.807, 2.05) is 0 Å². The number of hydrogen-bond donors (Lipinski definition) is 0. The highest BCUT2D eigenvalue weighted by Crippen LogP contribution is 2.26. The molecule has 0 saturated carbocycles. The maximum atomic E-state index is 11.9. The Hall–Kier alpha value is -0.870. The molecule has 1 unspecified atom stereocenters. The summed E-state index contributed by atoms with van der Waals surface area (Å²) in [7, 11) is 0. The molecule has 0 radical (unpaired) electrons. The lowest BCUT2D eigenvalue weighted by Crippen LogP contribution is -2.38. The summed E-state index contributed by atoms with van der Waals surface area (Å²) in [4.78, 5) is 22.0. The van der Waals surface area contributed by atoms with Gasteiger partial charge in [0.1, 0.15) is 5.78 Å². The minimum atomic E-state index is -4.93. The van der Waals surface area contributed by atoms with Crippen molar-refractivity contribution in [3.05, 3.63) is 0 Å². The molecule has 14 heavy (non-hydrogen) atoms. The maximum Gasteiger partial charge on any atom is 0.450 e. The van der Waals surface area contributed by atoms with Gasteiger partial charge in [0.05, 0.1) is 5.92 Å². The van der Waals surface area contributed by atoms with Crippen LogP contribution in [0.4, 0.5) is 13.2 Å². The summed E-state index contributed by atoms with van der Waals surface area (Å²) in [5.74, 6) is -4.28. The first-order valence-corrected chi connectivity index (χ1v) is 4.13. The average Bonchev–Trinajstić information content (AvgIpc) is 1.97. The maximum absolute atomic E-state index is 11.9. The fourth-order valence-corrected chi connectivity index (χ4v) is 1.01. The van der Waals surface area contributed by atoms with E-state index in [1.54, 1.807) is 0 Å². The third kappa shape index (κ3) is 3.12. The Bertz CT molecular complexity index is 222. The van der Waals surface area contributed by atoms with Crippen LogP contribution in [0.2, 0.25) is 0 Å². The molecule has 0 rings (SSSR count). The van der Waals surface area contributed by atoms with Crippen LogP contribution in [0.5, 0.6) is 0 Å². The second kappa shape index (κ2) is 3.71. The molecular formula is C9H13F3O2. The van der Waals surface area contributed by atoms with Gasteiger partial charge in [-0.2, -0.15) is 13.2 Å². The average molecular weight is 210 g/mol. The molecule has 0 saturated heterocycles. The molecule has 0 fully saturated rings. The van der Waals surface area contributed by atoms with Gasteiger partial charge in [-0.05, 0) is 6.92 Å². The van der Waals surface area contributed by atoms with Gasteiger partial charge in [0.15, 0.2) is 0 Å². The van der Waals surface area contributed by atoms with E-state index >= 15 is 0 Å². The first-order valence-electron chi connectivity index (χ1n) is 4.13. The Kier molecular flexibility index (Phi) is 3.48. The van der Waals surface area contributed by atoms with Crippen molar-refractivity contribution in [1.82, 2.24) is 0 Å². The molecule has 0 amide bonds. The number of carbonyl (C=O) groups is 2. The molecule has 0 bridgehead atoms. The normalized spacial score (nSPS) is 15.1. The first-order chi connectivity index (χ1) is 5.98. The smallest absolute Gasteiger partial charge is 0.298 e. The number of Topliss-reactive ketones (excluding diaryl/α,β-unsaturated/α-hetero) is 2. The van der Waals surface area contributed by atoms with E-state index in [0.29, 0.717) is 0 Å². The minimum absolute atomic E-state index is 0.695. The largest absolute Gasteiger partial charge is 0.450 e. The minimum Gasteiger partial charge on any atom is -0.298 e. The highest BCUT2D eigenvalue weighted by atomic mass is 19.4. The van der Waals surface area contributed by atoms with E-state index < -0.39 is 29.1 Å². The lowest BCUT2D eigenvalue weighted by atomic mass is 9.82. The van der Waals surface area contributed by atoms with Gasteiger partial charge in [0.25, 0.3) is 0 Å². The van der Waals surface area contributed by atoms with Gasteiger partial charge in [-0.3, -0.25) is 9.59 Å². The molecule has 5 heteroatoms. The molecule has 0 N–H and O–H groups in total. The van der Waals surface area contributed by atoms with Gasteiger partial charge in [0.2, 0.25) is 5.78 Å². The molecule has 0 spiro atoms. The molecule has 1 atom stereocenters. The Labute approximate surface area is 80.5 Å². The van der Waals surface area contributed by atoms with Crippen molar-refractivity contribution in [2.75, 3.05) is 0 Å². The van der Waals surface area contributed by atoms with E-state index in [0.717, 1.165) is 6.92 Å². The van der Waals surface area contributed by atoms with Crippen molar-refractivity contribution in [2.45, 2.75) is 33.9 Å². The van der Waals surface area contributed by atoms with Crippen LogP contribution in [-0.2, 0) is 9.59 Å². The molecular weight excluding hydrogens is 197 g/mol. The number of alkyl halides is 3. The van der Waals surface area contributed by atoms with Crippen molar-refractivity contribution >= 4 is 11.6 Å². The standard InChI is InChI=1S/C9H13F3O2/c1-5(6(13)8(2,3)4)7(14)9(10,11)12/h5H,1-4H3.